The Labute approximate surface area is 131 Å². The van der Waals surface area contributed by atoms with Crippen molar-refractivity contribution in [2.75, 3.05) is 18.5 Å². The zero-order chi connectivity index (χ0) is 15.5. The number of hydrogen-bond donors (Lipinski definition) is 2. The zero-order valence-electron chi connectivity index (χ0n) is 13.0. The SMILES string of the molecule is CN1c2ccc(O)cc2OC1CCNC(=O)C1CCCCC1. The third kappa shape index (κ3) is 3.13. The Morgan fingerprint density at radius 3 is 2.91 bits per heavy atom. The maximum atomic E-state index is 12.1. The van der Waals surface area contributed by atoms with E-state index in [4.69, 9.17) is 4.74 Å². The van der Waals surface area contributed by atoms with Crippen LogP contribution in [0.15, 0.2) is 18.2 Å². The lowest BCUT2D eigenvalue weighted by molar-refractivity contribution is -0.125. The molecule has 5 nitrogen and oxygen atoms in total. The van der Waals surface area contributed by atoms with Gasteiger partial charge in [0.25, 0.3) is 0 Å². The van der Waals surface area contributed by atoms with E-state index in [1.807, 2.05) is 18.0 Å². The minimum atomic E-state index is -0.0940. The zero-order valence-corrected chi connectivity index (χ0v) is 13.0. The third-order valence-electron chi connectivity index (χ3n) is 4.68. The number of benzene rings is 1. The second kappa shape index (κ2) is 6.46. The first-order chi connectivity index (χ1) is 10.6. The van der Waals surface area contributed by atoms with E-state index < -0.39 is 0 Å². The van der Waals surface area contributed by atoms with Gasteiger partial charge in [-0.1, -0.05) is 19.3 Å². The number of phenolic OH excluding ortho intramolecular Hbond substituents is 1. The molecule has 22 heavy (non-hydrogen) atoms. The van der Waals surface area contributed by atoms with Crippen molar-refractivity contribution in [3.63, 3.8) is 0 Å². The molecule has 120 valence electrons. The molecule has 1 saturated carbocycles. The molecule has 2 N–H and O–H groups in total. The molecular weight excluding hydrogens is 280 g/mol. The summed E-state index contributed by atoms with van der Waals surface area (Å²) in [6.07, 6.45) is 6.28. The van der Waals surface area contributed by atoms with Gasteiger partial charge in [0, 0.05) is 32.0 Å². The summed E-state index contributed by atoms with van der Waals surface area (Å²) in [7, 11) is 1.97. The molecule has 1 aromatic rings. The molecule has 0 aromatic heterocycles. The van der Waals surface area contributed by atoms with E-state index in [1.54, 1.807) is 12.1 Å². The molecule has 0 radical (unpaired) electrons. The number of anilines is 1. The quantitative estimate of drug-likeness (QED) is 0.897. The highest BCUT2D eigenvalue weighted by Gasteiger charge is 2.28. The Hall–Kier alpha value is -1.91. The molecule has 1 aliphatic heterocycles. The van der Waals surface area contributed by atoms with Crippen molar-refractivity contribution >= 4 is 11.6 Å². The van der Waals surface area contributed by atoms with E-state index in [0.29, 0.717) is 12.3 Å². The van der Waals surface area contributed by atoms with E-state index in [9.17, 15) is 9.90 Å². The minimum Gasteiger partial charge on any atom is -0.508 e. The van der Waals surface area contributed by atoms with Crippen LogP contribution in [0, 0.1) is 5.92 Å². The normalized spacial score (nSPS) is 21.3. The van der Waals surface area contributed by atoms with Crippen molar-refractivity contribution in [3.05, 3.63) is 18.2 Å². The average molecular weight is 304 g/mol. The minimum absolute atomic E-state index is 0.0940. The van der Waals surface area contributed by atoms with Crippen LogP contribution >= 0.6 is 0 Å². The Morgan fingerprint density at radius 1 is 1.36 bits per heavy atom. The van der Waals surface area contributed by atoms with Crippen molar-refractivity contribution in [3.8, 4) is 11.5 Å². The molecule has 0 saturated heterocycles. The van der Waals surface area contributed by atoms with Gasteiger partial charge >= 0.3 is 0 Å². The van der Waals surface area contributed by atoms with Crippen LogP contribution < -0.4 is 15.0 Å². The summed E-state index contributed by atoms with van der Waals surface area (Å²) in [5.41, 5.74) is 0.974. The molecule has 2 aliphatic rings. The molecule has 1 fully saturated rings. The molecule has 1 aromatic carbocycles. The van der Waals surface area contributed by atoms with E-state index >= 15 is 0 Å². The van der Waals surface area contributed by atoms with Gasteiger partial charge in [0.15, 0.2) is 6.23 Å². The summed E-state index contributed by atoms with van der Waals surface area (Å²) in [5, 5.41) is 12.5. The van der Waals surface area contributed by atoms with Crippen LogP contribution in [0.4, 0.5) is 5.69 Å². The second-order valence-corrected chi connectivity index (χ2v) is 6.25. The van der Waals surface area contributed by atoms with Crippen LogP contribution in [0.5, 0.6) is 11.5 Å². The number of phenols is 1. The van der Waals surface area contributed by atoms with Gasteiger partial charge < -0.3 is 20.1 Å². The Kier molecular flexibility index (Phi) is 4.41. The van der Waals surface area contributed by atoms with Crippen LogP contribution in [0.2, 0.25) is 0 Å². The Morgan fingerprint density at radius 2 is 2.14 bits per heavy atom. The fourth-order valence-electron chi connectivity index (χ4n) is 3.35. The largest absolute Gasteiger partial charge is 0.508 e. The van der Waals surface area contributed by atoms with Crippen molar-refractivity contribution < 1.29 is 14.6 Å². The summed E-state index contributed by atoms with van der Waals surface area (Å²) < 4.78 is 5.84. The number of ether oxygens (including phenoxy) is 1. The molecule has 1 heterocycles. The van der Waals surface area contributed by atoms with Crippen LogP contribution in [-0.2, 0) is 4.79 Å². The van der Waals surface area contributed by atoms with Crippen LogP contribution in [0.25, 0.3) is 0 Å². The lowest BCUT2D eigenvalue weighted by Gasteiger charge is -2.23. The van der Waals surface area contributed by atoms with E-state index in [0.717, 1.165) is 24.9 Å². The van der Waals surface area contributed by atoms with E-state index in [2.05, 4.69) is 5.32 Å². The van der Waals surface area contributed by atoms with Crippen molar-refractivity contribution in [1.29, 1.82) is 0 Å². The van der Waals surface area contributed by atoms with E-state index in [1.165, 1.54) is 19.3 Å². The lowest BCUT2D eigenvalue weighted by Crippen LogP contribution is -2.38. The number of nitrogens with one attached hydrogen (secondary N) is 1. The highest BCUT2D eigenvalue weighted by Crippen LogP contribution is 2.39. The third-order valence-corrected chi connectivity index (χ3v) is 4.68. The Bertz CT molecular complexity index is 541. The molecule has 0 spiro atoms. The molecule has 3 rings (SSSR count). The number of nitrogens with zero attached hydrogens (tertiary/aromatic N) is 1. The number of carbonyl (C=O) groups excluding carboxylic acids is 1. The van der Waals surface area contributed by atoms with Gasteiger partial charge in [-0.05, 0) is 25.0 Å². The summed E-state index contributed by atoms with van der Waals surface area (Å²) in [5.74, 6) is 1.30. The fourth-order valence-corrected chi connectivity index (χ4v) is 3.35. The topological polar surface area (TPSA) is 61.8 Å². The smallest absolute Gasteiger partial charge is 0.223 e. The number of aromatic hydroxyl groups is 1. The maximum absolute atomic E-state index is 12.1. The Balaban J connectivity index is 1.47. The standard InChI is InChI=1S/C17H24N2O3/c1-19-14-8-7-13(20)11-15(14)22-16(19)9-10-18-17(21)12-5-3-2-4-6-12/h7-8,11-12,16,20H,2-6,9-10H2,1H3,(H,18,21). The number of rotatable bonds is 4. The molecule has 1 amide bonds. The lowest BCUT2D eigenvalue weighted by atomic mass is 9.89. The van der Waals surface area contributed by atoms with Gasteiger partial charge in [-0.3, -0.25) is 4.79 Å². The van der Waals surface area contributed by atoms with Crippen LogP contribution in [0.1, 0.15) is 38.5 Å². The number of amides is 1. The van der Waals surface area contributed by atoms with E-state index in [-0.39, 0.29) is 23.8 Å². The molecule has 0 bridgehead atoms. The van der Waals surface area contributed by atoms with Crippen molar-refractivity contribution in [1.82, 2.24) is 5.32 Å². The van der Waals surface area contributed by atoms with Gasteiger partial charge in [0.1, 0.15) is 11.5 Å². The average Bonchev–Trinajstić information content (AvgIpc) is 2.83. The summed E-state index contributed by atoms with van der Waals surface area (Å²) >= 11 is 0. The number of hydrogen-bond acceptors (Lipinski definition) is 4. The van der Waals surface area contributed by atoms with Crippen molar-refractivity contribution in [2.45, 2.75) is 44.8 Å². The maximum Gasteiger partial charge on any atom is 0.223 e. The van der Waals surface area contributed by atoms with Crippen molar-refractivity contribution in [2.24, 2.45) is 5.92 Å². The van der Waals surface area contributed by atoms with Gasteiger partial charge in [-0.25, -0.2) is 0 Å². The predicted molar refractivity (Wildman–Crippen MR) is 85.1 cm³/mol. The van der Waals surface area contributed by atoms with Gasteiger partial charge in [-0.2, -0.15) is 0 Å². The first-order valence-electron chi connectivity index (χ1n) is 8.15. The van der Waals surface area contributed by atoms with Gasteiger partial charge in [-0.15, -0.1) is 0 Å². The van der Waals surface area contributed by atoms with Crippen LogP contribution in [0.3, 0.4) is 0 Å². The summed E-state index contributed by atoms with van der Waals surface area (Å²) in [6, 6.07) is 5.14. The molecule has 1 atom stereocenters. The van der Waals surface area contributed by atoms with Gasteiger partial charge in [0.2, 0.25) is 5.91 Å². The first kappa shape index (κ1) is 15.0. The molecular formula is C17H24N2O3. The number of carbonyl (C=O) groups is 1. The van der Waals surface area contributed by atoms with Crippen LogP contribution in [-0.4, -0.2) is 30.8 Å². The highest BCUT2D eigenvalue weighted by atomic mass is 16.5. The molecule has 1 aliphatic carbocycles. The van der Waals surface area contributed by atoms with Gasteiger partial charge in [0.05, 0.1) is 5.69 Å². The highest BCUT2D eigenvalue weighted by molar-refractivity contribution is 5.78. The summed E-state index contributed by atoms with van der Waals surface area (Å²) in [6.45, 7) is 0.615. The monoisotopic (exact) mass is 304 g/mol. The molecule has 1 unspecified atom stereocenters. The molecule has 5 heteroatoms. The fraction of sp³-hybridized carbons (Fsp3) is 0.588. The second-order valence-electron chi connectivity index (χ2n) is 6.25. The first-order valence-corrected chi connectivity index (χ1v) is 8.15. The predicted octanol–water partition coefficient (Wildman–Crippen LogP) is 2.63. The summed E-state index contributed by atoms with van der Waals surface area (Å²) in [4.78, 5) is 14.2. The number of fused-ring (bicyclic) bond motifs is 1.